The Morgan fingerprint density at radius 1 is 1.36 bits per heavy atom. The van der Waals surface area contributed by atoms with Gasteiger partial charge >= 0.3 is 5.97 Å². The Hall–Kier alpha value is -0.280. The molecule has 0 amide bonds. The Morgan fingerprint density at radius 2 is 2.00 bits per heavy atom. The molecular formula is C10H19ClO3. The third kappa shape index (κ3) is 7.15. The van der Waals surface area contributed by atoms with Crippen LogP contribution in [0.1, 0.15) is 45.4 Å². The van der Waals surface area contributed by atoms with Crippen LogP contribution < -0.4 is 0 Å². The lowest BCUT2D eigenvalue weighted by molar-refractivity contribution is -0.137. The van der Waals surface area contributed by atoms with Gasteiger partial charge in [0.05, 0.1) is 6.10 Å². The highest BCUT2D eigenvalue weighted by Crippen LogP contribution is 2.12. The average molecular weight is 223 g/mol. The normalized spacial score (nSPS) is 15.1. The van der Waals surface area contributed by atoms with E-state index in [1.807, 2.05) is 0 Å². The predicted octanol–water partition coefficient (Wildman–Crippen LogP) is 2.40. The number of carboxylic acid groups (broad SMARTS) is 1. The Bertz CT molecular complexity index is 161. The third-order valence-electron chi connectivity index (χ3n) is 2.14. The molecule has 2 unspecified atom stereocenters. The molecule has 0 bridgehead atoms. The number of rotatable bonds is 8. The standard InChI is InChI=1S/C10H19ClO3/c1-2-3-4-5-6-8(12)7-9(11)10(13)14/h8-9,12H,2-7H2,1H3,(H,13,14). The SMILES string of the molecule is CCCCCCC(O)CC(Cl)C(=O)O. The lowest BCUT2D eigenvalue weighted by Gasteiger charge is -2.11. The van der Waals surface area contributed by atoms with Crippen LogP contribution in [-0.4, -0.2) is 27.7 Å². The van der Waals surface area contributed by atoms with Crippen LogP contribution in [-0.2, 0) is 4.79 Å². The van der Waals surface area contributed by atoms with Crippen molar-refractivity contribution >= 4 is 17.6 Å². The molecule has 0 fully saturated rings. The van der Waals surface area contributed by atoms with Crippen LogP contribution >= 0.6 is 11.6 Å². The quantitative estimate of drug-likeness (QED) is 0.490. The number of carbonyl (C=O) groups is 1. The van der Waals surface area contributed by atoms with Gasteiger partial charge in [0.25, 0.3) is 0 Å². The molecule has 0 heterocycles. The van der Waals surface area contributed by atoms with E-state index in [-0.39, 0.29) is 6.42 Å². The van der Waals surface area contributed by atoms with Crippen molar-refractivity contribution in [2.45, 2.75) is 56.9 Å². The maximum absolute atomic E-state index is 10.4. The molecule has 0 aromatic rings. The maximum Gasteiger partial charge on any atom is 0.321 e. The summed E-state index contributed by atoms with van der Waals surface area (Å²) in [7, 11) is 0. The number of aliphatic hydroxyl groups excluding tert-OH is 1. The summed E-state index contributed by atoms with van der Waals surface area (Å²) < 4.78 is 0. The van der Waals surface area contributed by atoms with Crippen molar-refractivity contribution in [1.82, 2.24) is 0 Å². The Balaban J connectivity index is 3.45. The van der Waals surface area contributed by atoms with Crippen molar-refractivity contribution in [3.8, 4) is 0 Å². The number of hydrogen-bond donors (Lipinski definition) is 2. The summed E-state index contributed by atoms with van der Waals surface area (Å²) in [6.07, 6.45) is 4.57. The van der Waals surface area contributed by atoms with Crippen LogP contribution in [0.25, 0.3) is 0 Å². The maximum atomic E-state index is 10.4. The largest absolute Gasteiger partial charge is 0.480 e. The molecule has 0 radical (unpaired) electrons. The summed E-state index contributed by atoms with van der Waals surface area (Å²) in [6.45, 7) is 2.12. The summed E-state index contributed by atoms with van der Waals surface area (Å²) in [5.41, 5.74) is 0. The molecule has 14 heavy (non-hydrogen) atoms. The van der Waals surface area contributed by atoms with Gasteiger partial charge in [-0.15, -0.1) is 11.6 Å². The number of unbranched alkanes of at least 4 members (excludes halogenated alkanes) is 3. The fraction of sp³-hybridized carbons (Fsp3) is 0.900. The van der Waals surface area contributed by atoms with Crippen molar-refractivity contribution in [3.63, 3.8) is 0 Å². The minimum atomic E-state index is -1.06. The second kappa shape index (κ2) is 8.06. The summed E-state index contributed by atoms with van der Waals surface area (Å²) in [4.78, 5) is 10.4. The van der Waals surface area contributed by atoms with E-state index in [1.165, 1.54) is 0 Å². The molecular weight excluding hydrogens is 204 g/mol. The third-order valence-corrected chi connectivity index (χ3v) is 2.50. The van der Waals surface area contributed by atoms with E-state index in [4.69, 9.17) is 16.7 Å². The van der Waals surface area contributed by atoms with E-state index in [0.29, 0.717) is 6.42 Å². The van der Waals surface area contributed by atoms with Gasteiger partial charge in [0.1, 0.15) is 5.38 Å². The van der Waals surface area contributed by atoms with Crippen molar-refractivity contribution < 1.29 is 15.0 Å². The summed E-state index contributed by atoms with van der Waals surface area (Å²) >= 11 is 5.49. The van der Waals surface area contributed by atoms with Gasteiger partial charge in [0.2, 0.25) is 0 Å². The van der Waals surface area contributed by atoms with E-state index >= 15 is 0 Å². The molecule has 0 aliphatic carbocycles. The highest BCUT2D eigenvalue weighted by Gasteiger charge is 2.17. The number of alkyl halides is 1. The first-order valence-electron chi connectivity index (χ1n) is 5.12. The highest BCUT2D eigenvalue weighted by molar-refractivity contribution is 6.29. The summed E-state index contributed by atoms with van der Waals surface area (Å²) in [5, 5.41) is 17.0. The minimum absolute atomic E-state index is 0.142. The second-order valence-electron chi connectivity index (χ2n) is 3.54. The molecule has 84 valence electrons. The molecule has 0 aromatic carbocycles. The number of hydrogen-bond acceptors (Lipinski definition) is 2. The van der Waals surface area contributed by atoms with Crippen molar-refractivity contribution in [2.24, 2.45) is 0 Å². The number of halogens is 1. The topological polar surface area (TPSA) is 57.5 Å². The van der Waals surface area contributed by atoms with Gasteiger partial charge in [0.15, 0.2) is 0 Å². The monoisotopic (exact) mass is 222 g/mol. The zero-order chi connectivity index (χ0) is 11.0. The van der Waals surface area contributed by atoms with E-state index in [2.05, 4.69) is 6.92 Å². The van der Waals surface area contributed by atoms with Gasteiger partial charge in [-0.25, -0.2) is 0 Å². The molecule has 0 aromatic heterocycles. The van der Waals surface area contributed by atoms with Crippen LogP contribution in [0.2, 0.25) is 0 Å². The van der Waals surface area contributed by atoms with Crippen molar-refractivity contribution in [2.75, 3.05) is 0 Å². The molecule has 0 aliphatic heterocycles. The summed E-state index contributed by atoms with van der Waals surface area (Å²) in [6, 6.07) is 0. The smallest absolute Gasteiger partial charge is 0.321 e. The van der Waals surface area contributed by atoms with Gasteiger partial charge in [-0.3, -0.25) is 4.79 Å². The number of aliphatic hydroxyl groups is 1. The zero-order valence-electron chi connectivity index (χ0n) is 8.58. The molecule has 0 saturated heterocycles. The van der Waals surface area contributed by atoms with Crippen molar-refractivity contribution in [1.29, 1.82) is 0 Å². The molecule has 0 spiro atoms. The van der Waals surface area contributed by atoms with Crippen LogP contribution in [0.15, 0.2) is 0 Å². The lowest BCUT2D eigenvalue weighted by Crippen LogP contribution is -2.20. The van der Waals surface area contributed by atoms with Crippen LogP contribution in [0.5, 0.6) is 0 Å². The second-order valence-corrected chi connectivity index (χ2v) is 4.07. The molecule has 2 atom stereocenters. The van der Waals surface area contributed by atoms with E-state index in [1.54, 1.807) is 0 Å². The number of carboxylic acids is 1. The zero-order valence-corrected chi connectivity index (χ0v) is 9.33. The summed E-state index contributed by atoms with van der Waals surface area (Å²) in [5.74, 6) is -1.06. The highest BCUT2D eigenvalue weighted by atomic mass is 35.5. The first-order valence-corrected chi connectivity index (χ1v) is 5.56. The van der Waals surface area contributed by atoms with Gasteiger partial charge in [-0.2, -0.15) is 0 Å². The lowest BCUT2D eigenvalue weighted by atomic mass is 10.1. The molecule has 3 nitrogen and oxygen atoms in total. The van der Waals surface area contributed by atoms with Crippen LogP contribution in [0.4, 0.5) is 0 Å². The molecule has 4 heteroatoms. The average Bonchev–Trinajstić information content (AvgIpc) is 2.12. The first kappa shape index (κ1) is 13.7. The van der Waals surface area contributed by atoms with E-state index in [9.17, 15) is 9.90 Å². The van der Waals surface area contributed by atoms with Gasteiger partial charge < -0.3 is 10.2 Å². The first-order chi connectivity index (χ1) is 6.57. The molecule has 2 N–H and O–H groups in total. The fourth-order valence-electron chi connectivity index (χ4n) is 1.26. The minimum Gasteiger partial charge on any atom is -0.480 e. The Labute approximate surface area is 90.1 Å². The van der Waals surface area contributed by atoms with Crippen LogP contribution in [0, 0.1) is 0 Å². The van der Waals surface area contributed by atoms with E-state index in [0.717, 1.165) is 25.7 Å². The van der Waals surface area contributed by atoms with Gasteiger partial charge in [-0.1, -0.05) is 32.6 Å². The Kier molecular flexibility index (Phi) is 7.90. The molecule has 0 rings (SSSR count). The van der Waals surface area contributed by atoms with Gasteiger partial charge in [-0.05, 0) is 6.42 Å². The van der Waals surface area contributed by atoms with Crippen molar-refractivity contribution in [3.05, 3.63) is 0 Å². The van der Waals surface area contributed by atoms with Crippen LogP contribution in [0.3, 0.4) is 0 Å². The molecule has 0 aliphatic rings. The van der Waals surface area contributed by atoms with E-state index < -0.39 is 17.5 Å². The van der Waals surface area contributed by atoms with Gasteiger partial charge in [0, 0.05) is 6.42 Å². The predicted molar refractivity (Wildman–Crippen MR) is 56.7 cm³/mol. The number of aliphatic carboxylic acids is 1. The Morgan fingerprint density at radius 3 is 2.50 bits per heavy atom. The molecule has 0 saturated carbocycles. The fourth-order valence-corrected chi connectivity index (χ4v) is 1.47.